The molecule has 0 bridgehead atoms. The molecule has 0 aliphatic rings. The second-order valence-corrected chi connectivity index (χ2v) is 10.0. The molecule has 0 aliphatic heterocycles. The van der Waals surface area contributed by atoms with Crippen molar-refractivity contribution >= 4 is 17.5 Å². The van der Waals surface area contributed by atoms with Gasteiger partial charge in [0.15, 0.2) is 17.4 Å². The van der Waals surface area contributed by atoms with Crippen LogP contribution in [0.4, 0.5) is 14.5 Å². The summed E-state index contributed by atoms with van der Waals surface area (Å²) in [5, 5.41) is 5.63. The third-order valence-electron chi connectivity index (χ3n) is 6.16. The lowest BCUT2D eigenvalue weighted by Crippen LogP contribution is -2.38. The normalized spacial score (nSPS) is 11.4. The van der Waals surface area contributed by atoms with Gasteiger partial charge in [0.2, 0.25) is 5.82 Å². The van der Waals surface area contributed by atoms with Crippen molar-refractivity contribution in [3.63, 3.8) is 0 Å². The molecule has 0 saturated heterocycles. The van der Waals surface area contributed by atoms with Crippen LogP contribution in [0.25, 0.3) is 11.3 Å². The van der Waals surface area contributed by atoms with Crippen LogP contribution in [-0.4, -0.2) is 80.4 Å². The molecule has 0 aliphatic carbocycles. The molecular weight excluding hydrogens is 508 g/mol. The van der Waals surface area contributed by atoms with E-state index in [0.717, 1.165) is 16.6 Å². The molecule has 39 heavy (non-hydrogen) atoms. The van der Waals surface area contributed by atoms with Crippen LogP contribution in [0.5, 0.6) is 5.75 Å². The van der Waals surface area contributed by atoms with Gasteiger partial charge in [-0.15, -0.1) is 0 Å². The summed E-state index contributed by atoms with van der Waals surface area (Å²) in [6.45, 7) is 4.20. The first-order valence-corrected chi connectivity index (χ1v) is 12.6. The molecule has 2 amide bonds. The minimum absolute atomic E-state index is 0.00533. The maximum atomic E-state index is 14.6. The van der Waals surface area contributed by atoms with E-state index in [1.807, 2.05) is 6.92 Å². The number of nitrogens with zero attached hydrogens (tertiary/aromatic N) is 3. The average Bonchev–Trinajstić information content (AvgIpc) is 3.27. The fraction of sp³-hybridized carbons (Fsp3) is 0.393. The predicted octanol–water partition coefficient (Wildman–Crippen LogP) is 3.64. The lowest BCUT2D eigenvalue weighted by Gasteiger charge is -2.23. The van der Waals surface area contributed by atoms with Crippen molar-refractivity contribution in [1.29, 1.82) is 0 Å². The summed E-state index contributed by atoms with van der Waals surface area (Å²) in [6.07, 6.45) is 1.87. The quantitative estimate of drug-likeness (QED) is 0.268. The van der Waals surface area contributed by atoms with Gasteiger partial charge in [0.25, 0.3) is 11.8 Å². The van der Waals surface area contributed by atoms with Crippen LogP contribution in [-0.2, 0) is 18.2 Å². The minimum Gasteiger partial charge on any atom is -0.494 e. The molecule has 0 fully saturated rings. The van der Waals surface area contributed by atoms with Crippen molar-refractivity contribution in [3.05, 3.63) is 65.1 Å². The van der Waals surface area contributed by atoms with Gasteiger partial charge in [0, 0.05) is 30.4 Å². The predicted molar refractivity (Wildman–Crippen MR) is 145 cm³/mol. The molecule has 0 radical (unpaired) electrons. The maximum Gasteiger partial charge on any atom is 0.291 e. The van der Waals surface area contributed by atoms with Crippen molar-refractivity contribution in [2.24, 2.45) is 7.05 Å². The molecule has 210 valence electrons. The zero-order valence-electron chi connectivity index (χ0n) is 23.2. The number of hydrogen-bond acceptors (Lipinski definition) is 5. The molecule has 11 heteroatoms. The molecule has 9 nitrogen and oxygen atoms in total. The van der Waals surface area contributed by atoms with Crippen molar-refractivity contribution in [2.75, 3.05) is 59.9 Å². The van der Waals surface area contributed by atoms with Gasteiger partial charge in [-0.1, -0.05) is 6.92 Å². The molecule has 2 aromatic carbocycles. The van der Waals surface area contributed by atoms with Crippen LogP contribution in [0.2, 0.25) is 0 Å². The summed E-state index contributed by atoms with van der Waals surface area (Å²) < 4.78 is 41.4. The summed E-state index contributed by atoms with van der Waals surface area (Å²) in [7, 11) is 9.04. The standard InChI is InChI=1S/C28H35F2N5O4/c1-7-18-16-19(8-9-20(18)27(36)31-12-14-39-15-13-35(3,4)5)33-28(37)26-32-17-22(34(26)2)21-10-11-23(38-6)25(30)24(21)29/h8-11,16-17H,7,12-15H2,1-6H3,(H-,31,33,36,37)/p+1. The topological polar surface area (TPSA) is 94.5 Å². The third-order valence-corrected chi connectivity index (χ3v) is 6.16. The van der Waals surface area contributed by atoms with Crippen LogP contribution < -0.4 is 15.4 Å². The average molecular weight is 545 g/mol. The summed E-state index contributed by atoms with van der Waals surface area (Å²) in [5.74, 6) is -3.19. The SMILES string of the molecule is CCc1cc(NC(=O)c2ncc(-c3ccc(OC)c(F)c3F)n2C)ccc1C(=O)NCCOCC[N+](C)(C)C. The lowest BCUT2D eigenvalue weighted by atomic mass is 10.0. The van der Waals surface area contributed by atoms with Crippen molar-refractivity contribution in [1.82, 2.24) is 14.9 Å². The van der Waals surface area contributed by atoms with E-state index in [1.54, 1.807) is 18.2 Å². The number of rotatable bonds is 12. The first-order chi connectivity index (χ1) is 18.5. The van der Waals surface area contributed by atoms with Gasteiger partial charge in [0.1, 0.15) is 6.54 Å². The lowest BCUT2D eigenvalue weighted by molar-refractivity contribution is -0.870. The molecule has 0 spiro atoms. The highest BCUT2D eigenvalue weighted by molar-refractivity contribution is 6.03. The molecule has 0 atom stereocenters. The maximum absolute atomic E-state index is 14.6. The summed E-state index contributed by atoms with van der Waals surface area (Å²) in [5.41, 5.74) is 1.92. The van der Waals surface area contributed by atoms with Crippen LogP contribution in [0.1, 0.15) is 33.5 Å². The highest BCUT2D eigenvalue weighted by Crippen LogP contribution is 2.30. The molecule has 1 aromatic heterocycles. The van der Waals surface area contributed by atoms with Gasteiger partial charge in [-0.05, 0) is 42.3 Å². The molecule has 3 rings (SSSR count). The number of carbonyl (C=O) groups excluding carboxylic acids is 2. The highest BCUT2D eigenvalue weighted by Gasteiger charge is 2.21. The van der Waals surface area contributed by atoms with E-state index in [4.69, 9.17) is 9.47 Å². The number of likely N-dealkylation sites (N-methyl/N-ethyl adjacent to an activating group) is 1. The number of methoxy groups -OCH3 is 1. The number of anilines is 1. The Kier molecular flexibility index (Phi) is 9.76. The zero-order chi connectivity index (χ0) is 28.7. The van der Waals surface area contributed by atoms with Crippen LogP contribution in [0, 0.1) is 11.6 Å². The monoisotopic (exact) mass is 544 g/mol. The highest BCUT2D eigenvalue weighted by atomic mass is 19.2. The van der Waals surface area contributed by atoms with Gasteiger partial charge in [0.05, 0.1) is 53.4 Å². The first kappa shape index (κ1) is 29.7. The molecule has 1 heterocycles. The Morgan fingerprint density at radius 3 is 2.46 bits per heavy atom. The van der Waals surface area contributed by atoms with Crippen LogP contribution >= 0.6 is 0 Å². The largest absolute Gasteiger partial charge is 0.494 e. The van der Waals surface area contributed by atoms with E-state index < -0.39 is 17.5 Å². The molecule has 2 N–H and O–H groups in total. The molecule has 3 aromatic rings. The van der Waals surface area contributed by atoms with E-state index in [1.165, 1.54) is 37.1 Å². The Bertz CT molecular complexity index is 1330. The Balaban J connectivity index is 1.66. The molecular formula is C28H36F2N5O4+. The van der Waals surface area contributed by atoms with Crippen molar-refractivity contribution in [2.45, 2.75) is 13.3 Å². The number of aromatic nitrogens is 2. The van der Waals surface area contributed by atoms with Crippen LogP contribution in [0.3, 0.4) is 0 Å². The van der Waals surface area contributed by atoms with Crippen molar-refractivity contribution in [3.8, 4) is 17.0 Å². The number of ether oxygens (including phenoxy) is 2. The number of amides is 2. The number of carbonyl (C=O) groups is 2. The number of halogens is 2. The number of nitrogens with one attached hydrogen (secondary N) is 2. The summed E-state index contributed by atoms with van der Waals surface area (Å²) >= 11 is 0. The van der Waals surface area contributed by atoms with E-state index >= 15 is 0 Å². The Hall–Kier alpha value is -3.83. The Morgan fingerprint density at radius 2 is 1.79 bits per heavy atom. The first-order valence-electron chi connectivity index (χ1n) is 12.6. The van der Waals surface area contributed by atoms with Gasteiger partial charge in [-0.3, -0.25) is 9.59 Å². The van der Waals surface area contributed by atoms with E-state index in [0.29, 0.717) is 37.4 Å². The van der Waals surface area contributed by atoms with Gasteiger partial charge >= 0.3 is 0 Å². The van der Waals surface area contributed by atoms with Crippen molar-refractivity contribution < 1.29 is 32.3 Å². The summed E-state index contributed by atoms with van der Waals surface area (Å²) in [4.78, 5) is 29.8. The number of imidazole rings is 1. The number of aryl methyl sites for hydroxylation is 1. The van der Waals surface area contributed by atoms with Gasteiger partial charge in [-0.25, -0.2) is 9.37 Å². The number of benzene rings is 2. The van der Waals surface area contributed by atoms with E-state index in [9.17, 15) is 18.4 Å². The van der Waals surface area contributed by atoms with Gasteiger partial charge < -0.3 is 29.2 Å². The Morgan fingerprint density at radius 1 is 1.05 bits per heavy atom. The van der Waals surface area contributed by atoms with Crippen LogP contribution in [0.15, 0.2) is 36.5 Å². The van der Waals surface area contributed by atoms with E-state index in [2.05, 4.69) is 36.8 Å². The second kappa shape index (κ2) is 12.8. The van der Waals surface area contributed by atoms with E-state index in [-0.39, 0.29) is 28.7 Å². The van der Waals surface area contributed by atoms with Gasteiger partial charge in [-0.2, -0.15) is 4.39 Å². The third kappa shape index (κ3) is 7.39. The second-order valence-electron chi connectivity index (χ2n) is 10.0. The minimum atomic E-state index is -1.12. The number of quaternary nitrogens is 1. The molecule has 0 unspecified atom stereocenters. The Labute approximate surface area is 227 Å². The fourth-order valence-electron chi connectivity index (χ4n) is 3.90. The zero-order valence-corrected chi connectivity index (χ0v) is 23.2. The fourth-order valence-corrected chi connectivity index (χ4v) is 3.90. The summed E-state index contributed by atoms with van der Waals surface area (Å²) in [6, 6.07) is 7.69. The molecule has 0 saturated carbocycles. The smallest absolute Gasteiger partial charge is 0.291 e. The number of hydrogen-bond donors (Lipinski definition) is 2.